The van der Waals surface area contributed by atoms with Crippen LogP contribution in [-0.2, 0) is 23.7 Å². The van der Waals surface area contributed by atoms with E-state index in [0.29, 0.717) is 0 Å². The van der Waals surface area contributed by atoms with E-state index in [9.17, 15) is 5.11 Å². The Balaban J connectivity index is 0.00000294. The van der Waals surface area contributed by atoms with Crippen LogP contribution in [0.25, 0.3) is 0 Å². The quantitative estimate of drug-likeness (QED) is 0.564. The first-order valence-corrected chi connectivity index (χ1v) is 14.1. The number of aliphatic hydroxyl groups is 1. The molecular formula is C34H41ClN2O. The summed E-state index contributed by atoms with van der Waals surface area (Å²) in [5, 5.41) is 9.61. The highest BCUT2D eigenvalue weighted by Crippen LogP contribution is 2.51. The highest BCUT2D eigenvalue weighted by atomic mass is 35.5. The summed E-state index contributed by atoms with van der Waals surface area (Å²) < 4.78 is 0. The van der Waals surface area contributed by atoms with E-state index in [-0.39, 0.29) is 29.8 Å². The molecule has 38 heavy (non-hydrogen) atoms. The van der Waals surface area contributed by atoms with Crippen molar-refractivity contribution in [1.29, 1.82) is 0 Å². The van der Waals surface area contributed by atoms with Gasteiger partial charge in [-0.1, -0.05) is 82.3 Å². The number of hydrogen-bond donors (Lipinski definition) is 2. The number of anilines is 1. The first-order chi connectivity index (χ1) is 17.8. The van der Waals surface area contributed by atoms with Crippen molar-refractivity contribution in [2.45, 2.75) is 70.6 Å². The molecule has 0 fully saturated rings. The monoisotopic (exact) mass is 528 g/mol. The standard InChI is InChI=1S/C34H40N2O.ClH/c1-33(2)27(23-35-21-19-26-11-6-13-28(33)31(26)35)17-15-24(9-8-22-37)16-18-30-34(3,4)29-14-5-10-25-12-7-20-36(30)32(25)29;/h5-6,10-11,13-18,23,37H,7-9,12,19-22H2,1-4H3;1H/b17-15+,24-16+,30-18+;. The van der Waals surface area contributed by atoms with Crippen molar-refractivity contribution in [3.05, 3.63) is 106 Å². The van der Waals surface area contributed by atoms with Crippen LogP contribution in [0.5, 0.6) is 0 Å². The molecule has 1 unspecified atom stereocenters. The molecule has 2 N–H and O–H groups in total. The van der Waals surface area contributed by atoms with Crippen LogP contribution in [0.15, 0.2) is 83.7 Å². The largest absolute Gasteiger partial charge is 1.00 e. The van der Waals surface area contributed by atoms with Crippen LogP contribution in [0.1, 0.15) is 69.2 Å². The summed E-state index contributed by atoms with van der Waals surface area (Å²) in [5.74, 6) is 0. The number of hydrogen-bond acceptors (Lipinski definition) is 2. The van der Waals surface area contributed by atoms with E-state index in [4.69, 9.17) is 0 Å². The average molecular weight is 529 g/mol. The summed E-state index contributed by atoms with van der Waals surface area (Å²) in [6.45, 7) is 11.9. The van der Waals surface area contributed by atoms with Crippen LogP contribution in [0, 0.1) is 0 Å². The fourth-order valence-corrected chi connectivity index (χ4v) is 7.09. The van der Waals surface area contributed by atoms with Crippen molar-refractivity contribution in [2.75, 3.05) is 24.6 Å². The number of nitrogens with zero attached hydrogens (tertiary/aromatic N) is 1. The van der Waals surface area contributed by atoms with Crippen molar-refractivity contribution < 1.29 is 22.4 Å². The van der Waals surface area contributed by atoms with Crippen LogP contribution >= 0.6 is 0 Å². The molecule has 0 aliphatic carbocycles. The Labute approximate surface area is 234 Å². The molecule has 0 radical (unpaired) electrons. The van der Waals surface area contributed by atoms with Crippen molar-refractivity contribution in [3.63, 3.8) is 0 Å². The third-order valence-corrected chi connectivity index (χ3v) is 9.24. The number of rotatable bonds is 6. The lowest BCUT2D eigenvalue weighted by Gasteiger charge is -2.33. The summed E-state index contributed by atoms with van der Waals surface area (Å²) in [7, 11) is 0. The maximum absolute atomic E-state index is 9.61. The second-order valence-corrected chi connectivity index (χ2v) is 12.2. The highest BCUT2D eigenvalue weighted by molar-refractivity contribution is 5.75. The second-order valence-electron chi connectivity index (χ2n) is 12.2. The molecule has 2 aromatic rings. The summed E-state index contributed by atoms with van der Waals surface area (Å²) in [6, 6.07) is 13.7. The van der Waals surface area contributed by atoms with Gasteiger partial charge >= 0.3 is 0 Å². The van der Waals surface area contributed by atoms with Gasteiger partial charge in [0.05, 0.1) is 6.54 Å². The third-order valence-electron chi connectivity index (χ3n) is 9.24. The minimum atomic E-state index is -0.0183. The van der Waals surface area contributed by atoms with Crippen molar-refractivity contribution in [2.24, 2.45) is 0 Å². The maximum Gasteiger partial charge on any atom is 0.143 e. The Morgan fingerprint density at radius 3 is 2.55 bits per heavy atom. The molecule has 0 aromatic heterocycles. The Morgan fingerprint density at radius 2 is 1.76 bits per heavy atom. The van der Waals surface area contributed by atoms with Gasteiger partial charge in [-0.2, -0.15) is 0 Å². The number of para-hydroxylation sites is 2. The zero-order chi connectivity index (χ0) is 25.8. The topological polar surface area (TPSA) is 27.9 Å². The molecule has 0 spiro atoms. The van der Waals surface area contributed by atoms with Crippen molar-refractivity contribution >= 4 is 11.4 Å². The average Bonchev–Trinajstić information content (AvgIpc) is 3.40. The van der Waals surface area contributed by atoms with Crippen LogP contribution in [0.4, 0.5) is 11.4 Å². The zero-order valence-corrected chi connectivity index (χ0v) is 24.0. The molecule has 0 saturated heterocycles. The Kier molecular flexibility index (Phi) is 7.24. The molecule has 0 saturated carbocycles. The molecule has 0 bridgehead atoms. The molecule has 4 aliphatic rings. The number of nitrogens with one attached hydrogen (secondary N) is 1. The lowest BCUT2D eigenvalue weighted by atomic mass is 9.74. The smallest absolute Gasteiger partial charge is 0.143 e. The lowest BCUT2D eigenvalue weighted by Crippen LogP contribution is -3.02. The summed E-state index contributed by atoms with van der Waals surface area (Å²) >= 11 is 0. The van der Waals surface area contributed by atoms with E-state index in [1.54, 1.807) is 0 Å². The van der Waals surface area contributed by atoms with Crippen molar-refractivity contribution in [3.8, 4) is 0 Å². The van der Waals surface area contributed by atoms with Gasteiger partial charge in [0.25, 0.3) is 0 Å². The normalized spacial score (nSPS) is 23.3. The van der Waals surface area contributed by atoms with Crippen LogP contribution in [0.2, 0.25) is 0 Å². The number of allylic oxidation sites excluding steroid dienone is 7. The Morgan fingerprint density at radius 1 is 1.00 bits per heavy atom. The number of halogens is 1. The summed E-state index contributed by atoms with van der Waals surface area (Å²) in [6.07, 6.45) is 17.0. The van der Waals surface area contributed by atoms with Gasteiger partial charge < -0.3 is 22.4 Å². The Hall–Kier alpha value is -2.59. The molecule has 0 amide bonds. The van der Waals surface area contributed by atoms with Crippen LogP contribution < -0.4 is 22.2 Å². The molecule has 4 heteroatoms. The molecule has 4 aliphatic heterocycles. The van der Waals surface area contributed by atoms with Gasteiger partial charge in [-0.3, -0.25) is 4.90 Å². The molecular weight excluding hydrogens is 488 g/mol. The fourth-order valence-electron chi connectivity index (χ4n) is 7.09. The van der Waals surface area contributed by atoms with Gasteiger partial charge in [0.15, 0.2) is 0 Å². The number of aliphatic hydroxyl groups excluding tert-OH is 1. The van der Waals surface area contributed by atoms with Crippen LogP contribution in [0.3, 0.4) is 0 Å². The molecule has 200 valence electrons. The van der Waals surface area contributed by atoms with Crippen LogP contribution in [-0.4, -0.2) is 24.8 Å². The van der Waals surface area contributed by atoms with Gasteiger partial charge in [0, 0.05) is 58.5 Å². The SMILES string of the molecule is CC1(C)C(/C=C/C(=C/C=C2/N3CCCc4cccc(c43)C2(C)C)CCCO)=C[NH+]2CCc3cccc1c32.[Cl-]. The van der Waals surface area contributed by atoms with E-state index in [0.717, 1.165) is 32.4 Å². The predicted molar refractivity (Wildman–Crippen MR) is 154 cm³/mol. The number of benzene rings is 2. The first-order valence-electron chi connectivity index (χ1n) is 14.1. The van der Waals surface area contributed by atoms with E-state index < -0.39 is 0 Å². The highest BCUT2D eigenvalue weighted by Gasteiger charge is 2.42. The van der Waals surface area contributed by atoms with Gasteiger partial charge in [-0.15, -0.1) is 0 Å². The van der Waals surface area contributed by atoms with E-state index in [1.165, 1.54) is 68.2 Å². The molecule has 2 aromatic carbocycles. The minimum absolute atomic E-state index is 0. The molecule has 3 nitrogen and oxygen atoms in total. The van der Waals surface area contributed by atoms with Gasteiger partial charge in [0.1, 0.15) is 11.9 Å². The van der Waals surface area contributed by atoms with Crippen molar-refractivity contribution in [1.82, 2.24) is 0 Å². The van der Waals surface area contributed by atoms with Gasteiger partial charge in [0.2, 0.25) is 0 Å². The molecule has 4 heterocycles. The number of aryl methyl sites for hydroxylation is 1. The van der Waals surface area contributed by atoms with Gasteiger partial charge in [-0.05, 0) is 48.5 Å². The van der Waals surface area contributed by atoms with E-state index in [1.807, 2.05) is 0 Å². The second kappa shape index (κ2) is 10.2. The first kappa shape index (κ1) is 27.0. The molecule has 6 rings (SSSR count). The van der Waals surface area contributed by atoms with E-state index in [2.05, 4.69) is 99.5 Å². The van der Waals surface area contributed by atoms with Gasteiger partial charge in [-0.25, -0.2) is 0 Å². The predicted octanol–water partition coefficient (Wildman–Crippen LogP) is 2.82. The Bertz CT molecular complexity index is 1360. The molecule has 1 atom stereocenters. The number of quaternary nitrogens is 1. The summed E-state index contributed by atoms with van der Waals surface area (Å²) in [4.78, 5) is 4.06. The fraction of sp³-hybridized carbons (Fsp3) is 0.412. The third kappa shape index (κ3) is 4.29. The summed E-state index contributed by atoms with van der Waals surface area (Å²) in [5.41, 5.74) is 12.9. The van der Waals surface area contributed by atoms with E-state index >= 15 is 0 Å². The zero-order valence-electron chi connectivity index (χ0n) is 23.3. The lowest BCUT2D eigenvalue weighted by molar-refractivity contribution is -0.770. The minimum Gasteiger partial charge on any atom is -1.00 e. The maximum atomic E-state index is 9.61.